The van der Waals surface area contributed by atoms with E-state index in [0.717, 1.165) is 15.3 Å². The van der Waals surface area contributed by atoms with Crippen LogP contribution in [0.15, 0.2) is 71.8 Å². The first-order chi connectivity index (χ1) is 14.5. The smallest absolute Gasteiger partial charge is 0.260 e. The SMILES string of the molecule is CC(C)Sc1ccc(C(=O)N(Cc2ccccn2)c2nc3c(Cl)cccc3s2)cc1. The zero-order valence-electron chi connectivity index (χ0n) is 16.6. The Balaban J connectivity index is 1.70. The molecule has 0 aliphatic heterocycles. The molecule has 4 nitrogen and oxygen atoms in total. The lowest BCUT2D eigenvalue weighted by atomic mass is 10.2. The van der Waals surface area contributed by atoms with Gasteiger partial charge < -0.3 is 0 Å². The van der Waals surface area contributed by atoms with Crippen molar-refractivity contribution >= 4 is 56.0 Å². The highest BCUT2D eigenvalue weighted by Gasteiger charge is 2.23. The van der Waals surface area contributed by atoms with Crippen LogP contribution in [0.1, 0.15) is 29.9 Å². The molecule has 0 saturated carbocycles. The molecule has 0 fully saturated rings. The van der Waals surface area contributed by atoms with Crippen molar-refractivity contribution in [3.8, 4) is 0 Å². The molecule has 0 aliphatic carbocycles. The number of halogens is 1. The van der Waals surface area contributed by atoms with Gasteiger partial charge in [0.1, 0.15) is 5.52 Å². The molecule has 7 heteroatoms. The quantitative estimate of drug-likeness (QED) is 0.305. The second-order valence-electron chi connectivity index (χ2n) is 6.99. The monoisotopic (exact) mass is 453 g/mol. The molecule has 0 bridgehead atoms. The second kappa shape index (κ2) is 9.16. The number of carbonyl (C=O) groups excluding carboxylic acids is 1. The Labute approximate surface area is 188 Å². The van der Waals surface area contributed by atoms with E-state index in [-0.39, 0.29) is 5.91 Å². The van der Waals surface area contributed by atoms with Crippen LogP contribution in [0, 0.1) is 0 Å². The molecule has 2 aromatic heterocycles. The van der Waals surface area contributed by atoms with Gasteiger partial charge in [-0.3, -0.25) is 14.7 Å². The van der Waals surface area contributed by atoms with Crippen LogP contribution in [0.5, 0.6) is 0 Å². The van der Waals surface area contributed by atoms with E-state index in [2.05, 4.69) is 23.8 Å². The van der Waals surface area contributed by atoms with Crippen molar-refractivity contribution in [3.63, 3.8) is 0 Å². The van der Waals surface area contributed by atoms with Gasteiger partial charge in [0.15, 0.2) is 5.13 Å². The molecule has 0 N–H and O–H groups in total. The summed E-state index contributed by atoms with van der Waals surface area (Å²) in [4.78, 5) is 25.4. The molecule has 0 atom stereocenters. The molecule has 152 valence electrons. The zero-order valence-corrected chi connectivity index (χ0v) is 19.0. The first-order valence-corrected chi connectivity index (χ1v) is 11.6. The van der Waals surface area contributed by atoms with Crippen LogP contribution in [0.4, 0.5) is 5.13 Å². The fourth-order valence-electron chi connectivity index (χ4n) is 3.00. The first kappa shape index (κ1) is 20.8. The summed E-state index contributed by atoms with van der Waals surface area (Å²) < 4.78 is 0.944. The molecular formula is C23H20ClN3OS2. The predicted molar refractivity (Wildman–Crippen MR) is 127 cm³/mol. The number of thiazole rings is 1. The highest BCUT2D eigenvalue weighted by atomic mass is 35.5. The summed E-state index contributed by atoms with van der Waals surface area (Å²) in [6.07, 6.45) is 1.73. The molecule has 2 aromatic carbocycles. The average Bonchev–Trinajstić information content (AvgIpc) is 3.18. The van der Waals surface area contributed by atoms with Crippen LogP contribution in [0.25, 0.3) is 10.2 Å². The van der Waals surface area contributed by atoms with Crippen molar-refractivity contribution in [3.05, 3.63) is 83.1 Å². The number of aromatic nitrogens is 2. The molecular weight excluding hydrogens is 434 g/mol. The minimum atomic E-state index is -0.114. The van der Waals surface area contributed by atoms with Gasteiger partial charge in [-0.25, -0.2) is 4.98 Å². The van der Waals surface area contributed by atoms with Crippen molar-refractivity contribution in [2.24, 2.45) is 0 Å². The van der Waals surface area contributed by atoms with E-state index in [4.69, 9.17) is 11.6 Å². The van der Waals surface area contributed by atoms with Gasteiger partial charge in [0.05, 0.1) is 22.0 Å². The van der Waals surface area contributed by atoms with Crippen LogP contribution >= 0.6 is 34.7 Å². The molecule has 4 rings (SSSR count). The largest absolute Gasteiger partial charge is 0.278 e. The standard InChI is InChI=1S/C23H20ClN3OS2/c1-15(2)29-18-11-9-16(10-12-18)22(28)27(14-17-6-3-4-13-25-17)23-26-21-19(24)7-5-8-20(21)30-23/h3-13,15H,14H2,1-2H3. The maximum Gasteiger partial charge on any atom is 0.260 e. The number of thioether (sulfide) groups is 1. The Morgan fingerprint density at radius 2 is 1.90 bits per heavy atom. The molecule has 30 heavy (non-hydrogen) atoms. The van der Waals surface area contributed by atoms with E-state index in [1.807, 2.05) is 60.7 Å². The number of nitrogens with zero attached hydrogens (tertiary/aromatic N) is 3. The number of hydrogen-bond donors (Lipinski definition) is 0. The highest BCUT2D eigenvalue weighted by molar-refractivity contribution is 7.99. The third-order valence-electron chi connectivity index (χ3n) is 4.35. The minimum absolute atomic E-state index is 0.114. The van der Waals surface area contributed by atoms with Crippen LogP contribution < -0.4 is 4.90 Å². The maximum atomic E-state index is 13.5. The molecule has 0 radical (unpaired) electrons. The third kappa shape index (κ3) is 4.67. The Kier molecular flexibility index (Phi) is 6.37. The fourth-order valence-corrected chi connectivity index (χ4v) is 5.10. The van der Waals surface area contributed by atoms with Crippen molar-refractivity contribution in [2.75, 3.05) is 4.90 Å². The van der Waals surface area contributed by atoms with E-state index < -0.39 is 0 Å². The molecule has 0 spiro atoms. The van der Waals surface area contributed by atoms with Crippen LogP contribution in [-0.2, 0) is 6.54 Å². The van der Waals surface area contributed by atoms with E-state index in [1.54, 1.807) is 22.9 Å². The van der Waals surface area contributed by atoms with Gasteiger partial charge in [-0.05, 0) is 48.5 Å². The normalized spacial score (nSPS) is 11.2. The summed E-state index contributed by atoms with van der Waals surface area (Å²) in [6.45, 7) is 4.63. The summed E-state index contributed by atoms with van der Waals surface area (Å²) >= 11 is 9.54. The highest BCUT2D eigenvalue weighted by Crippen LogP contribution is 2.34. The number of rotatable bonds is 6. The van der Waals surface area contributed by atoms with Crippen LogP contribution in [-0.4, -0.2) is 21.1 Å². The summed E-state index contributed by atoms with van der Waals surface area (Å²) in [5, 5.41) is 1.67. The van der Waals surface area contributed by atoms with Gasteiger partial charge in [0.2, 0.25) is 0 Å². The van der Waals surface area contributed by atoms with Gasteiger partial charge in [-0.2, -0.15) is 0 Å². The van der Waals surface area contributed by atoms with E-state index in [0.29, 0.717) is 33.0 Å². The number of fused-ring (bicyclic) bond motifs is 1. The van der Waals surface area contributed by atoms with E-state index in [9.17, 15) is 4.79 Å². The number of carbonyl (C=O) groups is 1. The lowest BCUT2D eigenvalue weighted by molar-refractivity contribution is 0.0984. The van der Waals surface area contributed by atoms with Crippen LogP contribution in [0.3, 0.4) is 0 Å². The number of anilines is 1. The van der Waals surface area contributed by atoms with Gasteiger partial charge in [-0.15, -0.1) is 11.8 Å². The van der Waals surface area contributed by atoms with Gasteiger partial charge in [0.25, 0.3) is 5.91 Å². The summed E-state index contributed by atoms with van der Waals surface area (Å²) in [5.41, 5.74) is 2.12. The summed E-state index contributed by atoms with van der Waals surface area (Å²) in [5.74, 6) is -0.114. The number of pyridine rings is 1. The number of benzene rings is 2. The lowest BCUT2D eigenvalue weighted by Gasteiger charge is -2.20. The Morgan fingerprint density at radius 3 is 2.57 bits per heavy atom. The van der Waals surface area contributed by atoms with E-state index >= 15 is 0 Å². The second-order valence-corrected chi connectivity index (χ2v) is 10.1. The molecule has 0 unspecified atom stereocenters. The average molecular weight is 454 g/mol. The Morgan fingerprint density at radius 1 is 1.10 bits per heavy atom. The predicted octanol–water partition coefficient (Wildman–Crippen LogP) is 6.69. The van der Waals surface area contributed by atoms with Gasteiger partial charge >= 0.3 is 0 Å². The Hall–Kier alpha value is -2.41. The van der Waals surface area contributed by atoms with Crippen molar-refractivity contribution in [2.45, 2.75) is 30.5 Å². The van der Waals surface area contributed by atoms with Crippen molar-refractivity contribution in [1.82, 2.24) is 9.97 Å². The van der Waals surface area contributed by atoms with Crippen molar-refractivity contribution < 1.29 is 4.79 Å². The molecule has 0 saturated heterocycles. The summed E-state index contributed by atoms with van der Waals surface area (Å²) in [6, 6.07) is 19.1. The number of hydrogen-bond acceptors (Lipinski definition) is 5. The first-order valence-electron chi connectivity index (χ1n) is 9.55. The third-order valence-corrected chi connectivity index (χ3v) is 6.72. The fraction of sp³-hybridized carbons (Fsp3) is 0.174. The van der Waals surface area contributed by atoms with Gasteiger partial charge in [0, 0.05) is 21.9 Å². The van der Waals surface area contributed by atoms with Crippen LogP contribution in [0.2, 0.25) is 5.02 Å². The number of amides is 1. The maximum absolute atomic E-state index is 13.5. The topological polar surface area (TPSA) is 46.1 Å². The molecule has 2 heterocycles. The Bertz CT molecular complexity index is 1160. The number of para-hydroxylation sites is 1. The lowest BCUT2D eigenvalue weighted by Crippen LogP contribution is -2.30. The van der Waals surface area contributed by atoms with E-state index in [1.165, 1.54) is 11.3 Å². The molecule has 4 aromatic rings. The van der Waals surface area contributed by atoms with Crippen molar-refractivity contribution in [1.29, 1.82) is 0 Å². The summed E-state index contributed by atoms with van der Waals surface area (Å²) in [7, 11) is 0. The van der Waals surface area contributed by atoms with Gasteiger partial charge in [-0.1, -0.05) is 48.9 Å². The minimum Gasteiger partial charge on any atom is -0.278 e. The molecule has 1 amide bonds. The molecule has 0 aliphatic rings. The zero-order chi connectivity index (χ0) is 21.1.